The number of hydrogen-bond acceptors (Lipinski definition) is 3. The van der Waals surface area contributed by atoms with Crippen molar-refractivity contribution in [1.29, 1.82) is 0 Å². The Labute approximate surface area is 146 Å². The number of amides is 2. The summed E-state index contributed by atoms with van der Waals surface area (Å²) in [4.78, 5) is 26.3. The highest BCUT2D eigenvalue weighted by molar-refractivity contribution is 5.97. The van der Waals surface area contributed by atoms with Gasteiger partial charge in [-0.05, 0) is 37.8 Å². The Morgan fingerprint density at radius 1 is 1.08 bits per heavy atom. The van der Waals surface area contributed by atoms with Crippen LogP contribution in [0.15, 0.2) is 30.3 Å². The van der Waals surface area contributed by atoms with E-state index in [0.29, 0.717) is 18.8 Å². The van der Waals surface area contributed by atoms with E-state index in [-0.39, 0.29) is 18.4 Å². The Morgan fingerprint density at radius 3 is 2.68 bits per heavy atom. The van der Waals surface area contributed by atoms with Crippen LogP contribution in [0, 0.1) is 0 Å². The number of nitrogens with one attached hydrogen (secondary N) is 1. The van der Waals surface area contributed by atoms with E-state index in [2.05, 4.69) is 5.32 Å². The predicted octanol–water partition coefficient (Wildman–Crippen LogP) is 1.71. The molecule has 1 aliphatic carbocycles. The van der Waals surface area contributed by atoms with Gasteiger partial charge in [-0.1, -0.05) is 24.6 Å². The number of benzene rings is 1. The SMILES string of the molecule is O=C1CN(C(=O)c2nn(-c3ccccc3)c3c2CCCCC3)CCN1. The number of nitrogens with zero attached hydrogens (tertiary/aromatic N) is 3. The highest BCUT2D eigenvalue weighted by Gasteiger charge is 2.29. The van der Waals surface area contributed by atoms with Crippen LogP contribution in [0.5, 0.6) is 0 Å². The first-order chi connectivity index (χ1) is 12.2. The van der Waals surface area contributed by atoms with E-state index in [4.69, 9.17) is 5.10 Å². The maximum atomic E-state index is 13.0. The van der Waals surface area contributed by atoms with Gasteiger partial charge in [-0.25, -0.2) is 4.68 Å². The number of rotatable bonds is 2. The molecular formula is C19H22N4O2. The summed E-state index contributed by atoms with van der Waals surface area (Å²) in [5, 5.41) is 7.46. The highest BCUT2D eigenvalue weighted by atomic mass is 16.2. The summed E-state index contributed by atoms with van der Waals surface area (Å²) in [6.07, 6.45) is 5.18. The Balaban J connectivity index is 1.76. The summed E-state index contributed by atoms with van der Waals surface area (Å²) in [7, 11) is 0. The van der Waals surface area contributed by atoms with Crippen LogP contribution < -0.4 is 5.32 Å². The smallest absolute Gasteiger partial charge is 0.275 e. The molecule has 4 rings (SSSR count). The van der Waals surface area contributed by atoms with E-state index in [1.165, 1.54) is 6.42 Å². The second-order valence-corrected chi connectivity index (χ2v) is 6.66. The molecule has 0 radical (unpaired) electrons. The summed E-state index contributed by atoms with van der Waals surface area (Å²) in [5.41, 5.74) is 3.72. The normalized spacial score (nSPS) is 17.6. The maximum Gasteiger partial charge on any atom is 0.275 e. The zero-order valence-corrected chi connectivity index (χ0v) is 14.2. The minimum atomic E-state index is -0.123. The fourth-order valence-corrected chi connectivity index (χ4v) is 3.69. The van der Waals surface area contributed by atoms with Gasteiger partial charge in [0.25, 0.3) is 5.91 Å². The van der Waals surface area contributed by atoms with Crippen LogP contribution in [0.4, 0.5) is 0 Å². The number of carbonyl (C=O) groups is 2. The molecule has 0 unspecified atom stereocenters. The standard InChI is InChI=1S/C19H22N4O2/c24-17-13-22(12-11-20-17)19(25)18-15-9-5-2-6-10-16(15)23(21-18)14-7-3-1-4-8-14/h1,3-4,7-8H,2,5-6,9-13H2,(H,20,24). The second-order valence-electron chi connectivity index (χ2n) is 6.66. The molecule has 6 nitrogen and oxygen atoms in total. The van der Waals surface area contributed by atoms with E-state index < -0.39 is 0 Å². The summed E-state index contributed by atoms with van der Waals surface area (Å²) >= 11 is 0. The third kappa shape index (κ3) is 3.04. The third-order valence-electron chi connectivity index (χ3n) is 4.96. The van der Waals surface area contributed by atoms with E-state index >= 15 is 0 Å². The Kier molecular flexibility index (Phi) is 4.26. The van der Waals surface area contributed by atoms with Crippen LogP contribution in [0.3, 0.4) is 0 Å². The minimum Gasteiger partial charge on any atom is -0.353 e. The zero-order chi connectivity index (χ0) is 17.2. The molecule has 1 saturated heterocycles. The van der Waals surface area contributed by atoms with Crippen molar-refractivity contribution in [1.82, 2.24) is 20.0 Å². The number of carbonyl (C=O) groups excluding carboxylic acids is 2. The van der Waals surface area contributed by atoms with Crippen molar-refractivity contribution in [2.75, 3.05) is 19.6 Å². The van der Waals surface area contributed by atoms with Gasteiger partial charge in [0.15, 0.2) is 5.69 Å². The molecular weight excluding hydrogens is 316 g/mol. The van der Waals surface area contributed by atoms with Crippen molar-refractivity contribution in [3.05, 3.63) is 47.3 Å². The fourth-order valence-electron chi connectivity index (χ4n) is 3.69. The molecule has 0 bridgehead atoms. The molecule has 0 saturated carbocycles. The van der Waals surface area contributed by atoms with Gasteiger partial charge in [0.2, 0.25) is 5.91 Å². The summed E-state index contributed by atoms with van der Waals surface area (Å²) in [6.45, 7) is 1.16. The van der Waals surface area contributed by atoms with Gasteiger partial charge in [0, 0.05) is 24.3 Å². The quantitative estimate of drug-likeness (QED) is 0.848. The van der Waals surface area contributed by atoms with Crippen LogP contribution in [-0.2, 0) is 17.6 Å². The van der Waals surface area contributed by atoms with Gasteiger partial charge in [-0.2, -0.15) is 5.10 Å². The molecule has 1 aliphatic heterocycles. The minimum absolute atomic E-state index is 0.104. The van der Waals surface area contributed by atoms with Crippen LogP contribution in [-0.4, -0.2) is 46.1 Å². The lowest BCUT2D eigenvalue weighted by atomic mass is 10.1. The van der Waals surface area contributed by atoms with Crippen molar-refractivity contribution in [2.45, 2.75) is 32.1 Å². The fraction of sp³-hybridized carbons (Fsp3) is 0.421. The van der Waals surface area contributed by atoms with E-state index in [1.807, 2.05) is 35.0 Å². The summed E-state index contributed by atoms with van der Waals surface area (Å²) < 4.78 is 1.93. The van der Waals surface area contributed by atoms with E-state index in [0.717, 1.165) is 42.6 Å². The number of hydrogen-bond donors (Lipinski definition) is 1. The van der Waals surface area contributed by atoms with Crippen molar-refractivity contribution >= 4 is 11.8 Å². The zero-order valence-electron chi connectivity index (χ0n) is 14.2. The lowest BCUT2D eigenvalue weighted by Crippen LogP contribution is -2.50. The van der Waals surface area contributed by atoms with E-state index in [9.17, 15) is 9.59 Å². The first-order valence-electron chi connectivity index (χ1n) is 8.96. The molecule has 6 heteroatoms. The lowest BCUT2D eigenvalue weighted by molar-refractivity contribution is -0.123. The molecule has 130 valence electrons. The Morgan fingerprint density at radius 2 is 1.88 bits per heavy atom. The number of fused-ring (bicyclic) bond motifs is 1. The van der Waals surface area contributed by atoms with Gasteiger partial charge in [-0.15, -0.1) is 0 Å². The topological polar surface area (TPSA) is 67.2 Å². The maximum absolute atomic E-state index is 13.0. The summed E-state index contributed by atoms with van der Waals surface area (Å²) in [5.74, 6) is -0.226. The molecule has 2 heterocycles. The van der Waals surface area contributed by atoms with Gasteiger partial charge < -0.3 is 10.2 Å². The van der Waals surface area contributed by atoms with Gasteiger partial charge in [-0.3, -0.25) is 9.59 Å². The van der Waals surface area contributed by atoms with E-state index in [1.54, 1.807) is 4.90 Å². The lowest BCUT2D eigenvalue weighted by Gasteiger charge is -2.26. The molecule has 1 aromatic heterocycles. The molecule has 2 aliphatic rings. The van der Waals surface area contributed by atoms with Crippen LogP contribution in [0.1, 0.15) is 41.0 Å². The molecule has 25 heavy (non-hydrogen) atoms. The average molecular weight is 338 g/mol. The molecule has 0 atom stereocenters. The number of piperazine rings is 1. The van der Waals surface area contributed by atoms with Crippen molar-refractivity contribution in [3.8, 4) is 5.69 Å². The van der Waals surface area contributed by atoms with Crippen LogP contribution in [0.2, 0.25) is 0 Å². The largest absolute Gasteiger partial charge is 0.353 e. The Hall–Kier alpha value is -2.63. The van der Waals surface area contributed by atoms with Crippen molar-refractivity contribution in [3.63, 3.8) is 0 Å². The first kappa shape index (κ1) is 15.9. The molecule has 2 aromatic rings. The Bertz CT molecular complexity index is 797. The average Bonchev–Trinajstić information content (AvgIpc) is 2.83. The number of para-hydroxylation sites is 1. The second kappa shape index (κ2) is 6.70. The first-order valence-corrected chi connectivity index (χ1v) is 8.96. The molecule has 1 N–H and O–H groups in total. The van der Waals surface area contributed by atoms with Crippen LogP contribution in [0.25, 0.3) is 5.69 Å². The predicted molar refractivity (Wildman–Crippen MR) is 93.7 cm³/mol. The molecule has 1 aromatic carbocycles. The van der Waals surface area contributed by atoms with Crippen LogP contribution >= 0.6 is 0 Å². The van der Waals surface area contributed by atoms with Crippen molar-refractivity contribution in [2.24, 2.45) is 0 Å². The monoisotopic (exact) mass is 338 g/mol. The van der Waals surface area contributed by atoms with Crippen molar-refractivity contribution < 1.29 is 9.59 Å². The van der Waals surface area contributed by atoms with Gasteiger partial charge in [0.1, 0.15) is 0 Å². The highest BCUT2D eigenvalue weighted by Crippen LogP contribution is 2.27. The summed E-state index contributed by atoms with van der Waals surface area (Å²) in [6, 6.07) is 9.97. The molecule has 0 spiro atoms. The molecule has 2 amide bonds. The third-order valence-corrected chi connectivity index (χ3v) is 4.96. The molecule has 1 fully saturated rings. The van der Waals surface area contributed by atoms with Gasteiger partial charge >= 0.3 is 0 Å². The number of aromatic nitrogens is 2. The van der Waals surface area contributed by atoms with Gasteiger partial charge in [0.05, 0.1) is 12.2 Å².